The number of benzene rings is 1. The SMILES string of the molecule is C=CCNC(=O)C1CCCN1C(C(=O)NC)c1ccccc1OC. The van der Waals surface area contributed by atoms with Gasteiger partial charge in [-0.2, -0.15) is 0 Å². The van der Waals surface area contributed by atoms with Crippen LogP contribution >= 0.6 is 0 Å². The standard InChI is InChI=1S/C18H25N3O3/c1-4-11-20-17(22)14-9-7-12-21(14)16(18(23)19-2)13-8-5-6-10-15(13)24-3/h4-6,8,10,14,16H,1,7,9,11-12H2,2-3H3,(H,19,23)(H,20,22). The first-order valence-electron chi connectivity index (χ1n) is 8.12. The third-order valence-electron chi connectivity index (χ3n) is 4.28. The molecule has 1 fully saturated rings. The summed E-state index contributed by atoms with van der Waals surface area (Å²) in [4.78, 5) is 27.0. The monoisotopic (exact) mass is 331 g/mol. The van der Waals surface area contributed by atoms with Crippen LogP contribution in [0.3, 0.4) is 0 Å². The Hall–Kier alpha value is -2.34. The summed E-state index contributed by atoms with van der Waals surface area (Å²) in [6.45, 7) is 4.72. The first-order valence-corrected chi connectivity index (χ1v) is 8.12. The van der Waals surface area contributed by atoms with Gasteiger partial charge in [-0.25, -0.2) is 0 Å². The van der Waals surface area contributed by atoms with Crippen molar-refractivity contribution in [3.63, 3.8) is 0 Å². The van der Waals surface area contributed by atoms with E-state index in [0.29, 0.717) is 18.8 Å². The van der Waals surface area contributed by atoms with Gasteiger partial charge in [0.15, 0.2) is 0 Å². The molecular formula is C18H25N3O3. The molecule has 0 aliphatic carbocycles. The summed E-state index contributed by atoms with van der Waals surface area (Å²) in [5.41, 5.74) is 0.766. The molecule has 0 bridgehead atoms. The highest BCUT2D eigenvalue weighted by atomic mass is 16.5. The molecule has 24 heavy (non-hydrogen) atoms. The van der Waals surface area contributed by atoms with E-state index in [-0.39, 0.29) is 17.9 Å². The minimum absolute atomic E-state index is 0.0730. The van der Waals surface area contributed by atoms with Gasteiger partial charge in [-0.15, -0.1) is 6.58 Å². The van der Waals surface area contributed by atoms with Gasteiger partial charge in [0.25, 0.3) is 0 Å². The summed E-state index contributed by atoms with van der Waals surface area (Å²) in [6.07, 6.45) is 3.24. The fourth-order valence-electron chi connectivity index (χ4n) is 3.17. The summed E-state index contributed by atoms with van der Waals surface area (Å²) in [5.74, 6) is 0.419. The third kappa shape index (κ3) is 3.76. The molecule has 0 aromatic heterocycles. The largest absolute Gasteiger partial charge is 0.496 e. The molecule has 1 aromatic rings. The van der Waals surface area contributed by atoms with Crippen LogP contribution in [0, 0.1) is 0 Å². The lowest BCUT2D eigenvalue weighted by atomic mass is 10.0. The highest BCUT2D eigenvalue weighted by Crippen LogP contribution is 2.34. The van der Waals surface area contributed by atoms with E-state index in [1.54, 1.807) is 20.2 Å². The second-order valence-electron chi connectivity index (χ2n) is 5.69. The Morgan fingerprint density at radius 1 is 1.46 bits per heavy atom. The van der Waals surface area contributed by atoms with Gasteiger partial charge < -0.3 is 15.4 Å². The van der Waals surface area contributed by atoms with Crippen LogP contribution in [0.4, 0.5) is 0 Å². The molecule has 130 valence electrons. The van der Waals surface area contributed by atoms with Crippen molar-refractivity contribution in [1.29, 1.82) is 0 Å². The Bertz CT molecular complexity index is 603. The lowest BCUT2D eigenvalue weighted by Gasteiger charge is -2.32. The zero-order valence-electron chi connectivity index (χ0n) is 14.2. The fraction of sp³-hybridized carbons (Fsp3) is 0.444. The molecule has 2 N–H and O–H groups in total. The minimum atomic E-state index is -0.562. The van der Waals surface area contributed by atoms with Crippen LogP contribution < -0.4 is 15.4 Å². The van der Waals surface area contributed by atoms with Gasteiger partial charge in [-0.1, -0.05) is 24.3 Å². The number of methoxy groups -OCH3 is 1. The van der Waals surface area contributed by atoms with Crippen LogP contribution in [0.15, 0.2) is 36.9 Å². The number of hydrogen-bond acceptors (Lipinski definition) is 4. The summed E-state index contributed by atoms with van der Waals surface area (Å²) in [5, 5.41) is 5.54. The zero-order chi connectivity index (χ0) is 17.5. The molecule has 1 aliphatic rings. The molecule has 2 atom stereocenters. The van der Waals surface area contributed by atoms with E-state index in [1.165, 1.54) is 0 Å². The van der Waals surface area contributed by atoms with Crippen molar-refractivity contribution in [1.82, 2.24) is 15.5 Å². The van der Waals surface area contributed by atoms with Crippen molar-refractivity contribution >= 4 is 11.8 Å². The number of hydrogen-bond donors (Lipinski definition) is 2. The molecule has 1 saturated heterocycles. The molecular weight excluding hydrogens is 306 g/mol. The maximum absolute atomic E-state index is 12.6. The number of carbonyl (C=O) groups is 2. The van der Waals surface area contributed by atoms with Crippen LogP contribution in [0.5, 0.6) is 5.75 Å². The summed E-state index contributed by atoms with van der Waals surface area (Å²) >= 11 is 0. The Morgan fingerprint density at radius 3 is 2.88 bits per heavy atom. The van der Waals surface area contributed by atoms with Crippen LogP contribution in [0.1, 0.15) is 24.4 Å². The summed E-state index contributed by atoms with van der Waals surface area (Å²) in [6, 6.07) is 6.53. The second kappa shape index (κ2) is 8.49. The van der Waals surface area contributed by atoms with Crippen molar-refractivity contribution < 1.29 is 14.3 Å². The molecule has 6 heteroatoms. The molecule has 1 heterocycles. The van der Waals surface area contributed by atoms with Crippen molar-refractivity contribution in [2.24, 2.45) is 0 Å². The van der Waals surface area contributed by atoms with Gasteiger partial charge in [0, 0.05) is 25.7 Å². The van der Waals surface area contributed by atoms with Gasteiger partial charge >= 0.3 is 0 Å². The fourth-order valence-corrected chi connectivity index (χ4v) is 3.17. The molecule has 2 amide bonds. The number of ether oxygens (including phenoxy) is 1. The topological polar surface area (TPSA) is 70.7 Å². The van der Waals surface area contributed by atoms with Gasteiger partial charge in [-0.3, -0.25) is 14.5 Å². The molecule has 0 spiro atoms. The van der Waals surface area contributed by atoms with Crippen molar-refractivity contribution in [3.05, 3.63) is 42.5 Å². The normalized spacial score (nSPS) is 18.7. The Kier molecular flexibility index (Phi) is 6.37. The average Bonchev–Trinajstić information content (AvgIpc) is 3.09. The highest BCUT2D eigenvalue weighted by Gasteiger charge is 2.39. The van der Waals surface area contributed by atoms with E-state index in [2.05, 4.69) is 17.2 Å². The van der Waals surface area contributed by atoms with Gasteiger partial charge in [-0.05, 0) is 18.9 Å². The van der Waals surface area contributed by atoms with Gasteiger partial charge in [0.2, 0.25) is 11.8 Å². The summed E-state index contributed by atoms with van der Waals surface area (Å²) in [7, 11) is 3.19. The number of likely N-dealkylation sites (N-methyl/N-ethyl adjacent to an activating group) is 1. The molecule has 0 radical (unpaired) electrons. The maximum Gasteiger partial charge on any atom is 0.241 e. The van der Waals surface area contributed by atoms with Crippen LogP contribution in [-0.2, 0) is 9.59 Å². The molecule has 0 saturated carbocycles. The Balaban J connectivity index is 2.35. The Morgan fingerprint density at radius 2 is 2.21 bits per heavy atom. The van der Waals surface area contributed by atoms with E-state index < -0.39 is 6.04 Å². The third-order valence-corrected chi connectivity index (χ3v) is 4.28. The molecule has 2 rings (SSSR count). The first kappa shape index (κ1) is 18.0. The predicted octanol–water partition coefficient (Wildman–Crippen LogP) is 1.25. The Labute approximate surface area is 142 Å². The number of carbonyl (C=O) groups excluding carboxylic acids is 2. The van der Waals surface area contributed by atoms with E-state index in [4.69, 9.17) is 4.74 Å². The predicted molar refractivity (Wildman–Crippen MR) is 92.7 cm³/mol. The van der Waals surface area contributed by atoms with Crippen molar-refractivity contribution in [2.45, 2.75) is 24.9 Å². The van der Waals surface area contributed by atoms with Gasteiger partial charge in [0.05, 0.1) is 13.2 Å². The average molecular weight is 331 g/mol. The lowest BCUT2D eigenvalue weighted by Crippen LogP contribution is -2.48. The van der Waals surface area contributed by atoms with Crippen LogP contribution in [0.2, 0.25) is 0 Å². The molecule has 2 unspecified atom stereocenters. The van der Waals surface area contributed by atoms with Crippen molar-refractivity contribution in [3.8, 4) is 5.75 Å². The van der Waals surface area contributed by atoms with E-state index in [1.807, 2.05) is 29.2 Å². The number of amides is 2. The lowest BCUT2D eigenvalue weighted by molar-refractivity contribution is -0.131. The number of rotatable bonds is 7. The number of likely N-dealkylation sites (tertiary alicyclic amines) is 1. The maximum atomic E-state index is 12.6. The molecule has 6 nitrogen and oxygen atoms in total. The minimum Gasteiger partial charge on any atom is -0.496 e. The second-order valence-corrected chi connectivity index (χ2v) is 5.69. The molecule has 1 aliphatic heterocycles. The quantitative estimate of drug-likeness (QED) is 0.738. The highest BCUT2D eigenvalue weighted by molar-refractivity contribution is 5.87. The van der Waals surface area contributed by atoms with Crippen molar-refractivity contribution in [2.75, 3.05) is 27.2 Å². The number of nitrogens with one attached hydrogen (secondary N) is 2. The number of para-hydroxylation sites is 1. The zero-order valence-corrected chi connectivity index (χ0v) is 14.2. The van der Waals surface area contributed by atoms with E-state index in [9.17, 15) is 9.59 Å². The smallest absolute Gasteiger partial charge is 0.241 e. The van der Waals surface area contributed by atoms with Crippen LogP contribution in [0.25, 0.3) is 0 Å². The summed E-state index contributed by atoms with van der Waals surface area (Å²) < 4.78 is 5.42. The van der Waals surface area contributed by atoms with Gasteiger partial charge in [0.1, 0.15) is 11.8 Å². The van der Waals surface area contributed by atoms with E-state index >= 15 is 0 Å². The molecule has 1 aromatic carbocycles. The van der Waals surface area contributed by atoms with E-state index in [0.717, 1.165) is 18.4 Å². The van der Waals surface area contributed by atoms with Crippen LogP contribution in [-0.4, -0.2) is 50.0 Å². The first-order chi connectivity index (χ1) is 11.6. The number of nitrogens with zero attached hydrogens (tertiary/aromatic N) is 1.